The lowest BCUT2D eigenvalue weighted by atomic mass is 9.80. The summed E-state index contributed by atoms with van der Waals surface area (Å²) in [6.45, 7) is 1.24. The van der Waals surface area contributed by atoms with Gasteiger partial charge in [-0.3, -0.25) is 4.98 Å². The van der Waals surface area contributed by atoms with E-state index in [9.17, 15) is 4.39 Å². The molecule has 3 aliphatic rings. The Morgan fingerprint density at radius 3 is 2.75 bits per heavy atom. The van der Waals surface area contributed by atoms with Gasteiger partial charge in [-0.1, -0.05) is 12.1 Å². The molecule has 0 amide bonds. The van der Waals surface area contributed by atoms with Gasteiger partial charge < -0.3 is 15.2 Å². The molecule has 0 saturated carbocycles. The van der Waals surface area contributed by atoms with E-state index < -0.39 is 11.5 Å². The summed E-state index contributed by atoms with van der Waals surface area (Å²) in [6.07, 6.45) is 9.77. The van der Waals surface area contributed by atoms with E-state index >= 15 is 0 Å². The predicted molar refractivity (Wildman–Crippen MR) is 119 cm³/mol. The van der Waals surface area contributed by atoms with Crippen LogP contribution in [0.3, 0.4) is 0 Å². The van der Waals surface area contributed by atoms with E-state index in [0.29, 0.717) is 41.7 Å². The highest BCUT2D eigenvalue weighted by atomic mass is 19.1. The highest BCUT2D eigenvalue weighted by Crippen LogP contribution is 2.52. The van der Waals surface area contributed by atoms with Crippen LogP contribution in [-0.4, -0.2) is 29.0 Å². The van der Waals surface area contributed by atoms with Gasteiger partial charge in [-0.05, 0) is 60.0 Å². The molecule has 2 aromatic heterocycles. The van der Waals surface area contributed by atoms with Crippen LogP contribution >= 0.6 is 0 Å². The molecular weight excluding hydrogens is 407 g/mol. The number of aromatic nitrogens is 2. The molecular formula is C25H19FN4O2. The number of hydrogen-bond donors (Lipinski definition) is 1. The molecule has 1 spiro atoms. The zero-order valence-electron chi connectivity index (χ0n) is 17.1. The number of rotatable bonds is 2. The van der Waals surface area contributed by atoms with E-state index in [1.54, 1.807) is 24.4 Å². The minimum atomic E-state index is -0.870. The Morgan fingerprint density at radius 1 is 1.06 bits per heavy atom. The van der Waals surface area contributed by atoms with Crippen molar-refractivity contribution in [2.75, 3.05) is 13.2 Å². The zero-order chi connectivity index (χ0) is 21.7. The van der Waals surface area contributed by atoms with Crippen LogP contribution in [0.5, 0.6) is 11.5 Å². The molecule has 7 heteroatoms. The number of hydrogen-bond acceptors (Lipinski definition) is 6. The first-order chi connectivity index (χ1) is 15.6. The molecule has 0 fully saturated rings. The van der Waals surface area contributed by atoms with Crippen LogP contribution in [0.25, 0.3) is 16.7 Å². The summed E-state index contributed by atoms with van der Waals surface area (Å²) in [5.41, 5.74) is 9.99. The molecule has 3 aliphatic heterocycles. The average molecular weight is 426 g/mol. The Kier molecular flexibility index (Phi) is 4.19. The van der Waals surface area contributed by atoms with Crippen molar-refractivity contribution < 1.29 is 13.9 Å². The highest BCUT2D eigenvalue weighted by molar-refractivity contribution is 5.95. The number of amidine groups is 1. The van der Waals surface area contributed by atoms with Gasteiger partial charge in [0.1, 0.15) is 17.1 Å². The van der Waals surface area contributed by atoms with Crippen LogP contribution in [0.1, 0.15) is 23.2 Å². The molecule has 158 valence electrons. The number of ether oxygens (including phenoxy) is 2. The van der Waals surface area contributed by atoms with Crippen molar-refractivity contribution in [2.24, 2.45) is 10.7 Å². The van der Waals surface area contributed by atoms with E-state index in [2.05, 4.69) is 9.97 Å². The van der Waals surface area contributed by atoms with Gasteiger partial charge >= 0.3 is 0 Å². The molecule has 5 heterocycles. The number of halogens is 1. The molecule has 0 saturated heterocycles. The predicted octanol–water partition coefficient (Wildman–Crippen LogP) is 4.36. The number of benzene rings is 1. The second kappa shape index (κ2) is 7.10. The normalized spacial score (nSPS) is 20.9. The standard InChI is InChI=1S/C25H19FN4O2/c26-24-17(2-1-9-28-24)16-3-4-21-18(12-16)25(8-5-23(27)30-25)19-13-20(29-14-22(19)32-21)15-6-10-31-11-7-15/h1-6,8-9,12-14H,7,10-11H2,(H2,27,30)/t25-/m0/s1. The number of nitrogens with two attached hydrogens (primary N) is 1. The Balaban J connectivity index is 1.55. The summed E-state index contributed by atoms with van der Waals surface area (Å²) in [5, 5.41) is 0. The van der Waals surface area contributed by atoms with Crippen molar-refractivity contribution in [3.63, 3.8) is 0 Å². The lowest BCUT2D eigenvalue weighted by Gasteiger charge is -2.34. The first-order valence-corrected chi connectivity index (χ1v) is 10.4. The van der Waals surface area contributed by atoms with Gasteiger partial charge in [0.2, 0.25) is 5.95 Å². The third-order valence-electron chi connectivity index (χ3n) is 6.05. The molecule has 6 rings (SSSR count). The Hall–Kier alpha value is -3.84. The van der Waals surface area contributed by atoms with Gasteiger partial charge in [0, 0.05) is 22.9 Å². The van der Waals surface area contributed by atoms with Crippen LogP contribution < -0.4 is 10.5 Å². The van der Waals surface area contributed by atoms with Gasteiger partial charge in [0.25, 0.3) is 0 Å². The maximum atomic E-state index is 14.4. The number of aliphatic imine (C=N–C) groups is 1. The summed E-state index contributed by atoms with van der Waals surface area (Å²) in [4.78, 5) is 13.2. The summed E-state index contributed by atoms with van der Waals surface area (Å²) in [7, 11) is 0. The molecule has 3 aromatic rings. The molecule has 1 atom stereocenters. The monoisotopic (exact) mass is 426 g/mol. The smallest absolute Gasteiger partial charge is 0.220 e. The number of nitrogens with zero attached hydrogens (tertiary/aromatic N) is 3. The summed E-state index contributed by atoms with van der Waals surface area (Å²) < 4.78 is 26.0. The van der Waals surface area contributed by atoms with Crippen molar-refractivity contribution >= 4 is 11.4 Å². The van der Waals surface area contributed by atoms with E-state index in [1.165, 1.54) is 6.20 Å². The third-order valence-corrected chi connectivity index (χ3v) is 6.05. The molecule has 1 aromatic carbocycles. The van der Waals surface area contributed by atoms with Gasteiger partial charge in [-0.15, -0.1) is 0 Å². The topological polar surface area (TPSA) is 82.6 Å². The van der Waals surface area contributed by atoms with Crippen LogP contribution in [0.4, 0.5) is 4.39 Å². The SMILES string of the molecule is NC1=N[C@@]2(C=C1)c1cc(-c3cccnc3F)ccc1Oc1cnc(C3=CCOCC3)cc12. The van der Waals surface area contributed by atoms with Gasteiger partial charge in [-0.25, -0.2) is 9.98 Å². The van der Waals surface area contributed by atoms with Crippen LogP contribution in [-0.2, 0) is 10.3 Å². The average Bonchev–Trinajstić information content (AvgIpc) is 3.22. The van der Waals surface area contributed by atoms with Crippen molar-refractivity contribution in [3.8, 4) is 22.6 Å². The quantitative estimate of drug-likeness (QED) is 0.616. The van der Waals surface area contributed by atoms with E-state index in [-0.39, 0.29) is 0 Å². The van der Waals surface area contributed by atoms with Gasteiger partial charge in [-0.2, -0.15) is 4.39 Å². The van der Waals surface area contributed by atoms with E-state index in [4.69, 9.17) is 20.2 Å². The van der Waals surface area contributed by atoms with Crippen molar-refractivity contribution in [3.05, 3.63) is 89.8 Å². The lowest BCUT2D eigenvalue weighted by Crippen LogP contribution is -2.27. The van der Waals surface area contributed by atoms with Crippen LogP contribution in [0, 0.1) is 5.95 Å². The maximum absolute atomic E-state index is 14.4. The fourth-order valence-corrected chi connectivity index (χ4v) is 4.49. The van der Waals surface area contributed by atoms with Gasteiger partial charge in [0.15, 0.2) is 5.75 Å². The molecule has 0 bridgehead atoms. The summed E-state index contributed by atoms with van der Waals surface area (Å²) in [6, 6.07) is 11.0. The molecule has 6 nitrogen and oxygen atoms in total. The van der Waals surface area contributed by atoms with Crippen molar-refractivity contribution in [1.29, 1.82) is 0 Å². The Bertz CT molecular complexity index is 1350. The zero-order valence-corrected chi connectivity index (χ0v) is 17.1. The first-order valence-electron chi connectivity index (χ1n) is 10.4. The Labute approximate surface area is 184 Å². The van der Waals surface area contributed by atoms with E-state index in [1.807, 2.05) is 36.4 Å². The molecule has 0 aliphatic carbocycles. The molecule has 0 radical (unpaired) electrons. The third kappa shape index (κ3) is 2.85. The minimum Gasteiger partial charge on any atom is -0.455 e. The molecule has 2 N–H and O–H groups in total. The fraction of sp³-hybridized carbons (Fsp3) is 0.160. The number of pyridine rings is 2. The Morgan fingerprint density at radius 2 is 1.97 bits per heavy atom. The van der Waals surface area contributed by atoms with Gasteiger partial charge in [0.05, 0.1) is 25.1 Å². The fourth-order valence-electron chi connectivity index (χ4n) is 4.49. The second-order valence-electron chi connectivity index (χ2n) is 7.91. The van der Waals surface area contributed by atoms with Crippen LogP contribution in [0.2, 0.25) is 0 Å². The minimum absolute atomic E-state index is 0.415. The molecule has 0 unspecified atom stereocenters. The van der Waals surface area contributed by atoms with Crippen molar-refractivity contribution in [2.45, 2.75) is 12.0 Å². The first kappa shape index (κ1) is 18.9. The lowest BCUT2D eigenvalue weighted by molar-refractivity contribution is 0.161. The summed E-state index contributed by atoms with van der Waals surface area (Å²) in [5.74, 6) is 1.15. The highest BCUT2D eigenvalue weighted by Gasteiger charge is 2.43. The van der Waals surface area contributed by atoms with E-state index in [0.717, 1.165) is 28.8 Å². The molecule has 32 heavy (non-hydrogen) atoms. The second-order valence-corrected chi connectivity index (χ2v) is 7.91. The van der Waals surface area contributed by atoms with Crippen molar-refractivity contribution in [1.82, 2.24) is 9.97 Å². The largest absolute Gasteiger partial charge is 0.455 e. The van der Waals surface area contributed by atoms with Crippen LogP contribution in [0.15, 0.2) is 72.0 Å². The summed E-state index contributed by atoms with van der Waals surface area (Å²) >= 11 is 0. The maximum Gasteiger partial charge on any atom is 0.220 e. The number of fused-ring (bicyclic) bond motifs is 4.